The predicted molar refractivity (Wildman–Crippen MR) is 74.8 cm³/mol. The number of guanidine groups is 1. The van der Waals surface area contributed by atoms with E-state index < -0.39 is 0 Å². The number of hydrogen-bond donors (Lipinski definition) is 2. The largest absolute Gasteiger partial charge is 0.370 e. The van der Waals surface area contributed by atoms with Crippen molar-refractivity contribution in [3.8, 4) is 0 Å². The minimum Gasteiger partial charge on any atom is -0.370 e. The van der Waals surface area contributed by atoms with E-state index in [1.807, 2.05) is 6.07 Å². The lowest BCUT2D eigenvalue weighted by Crippen LogP contribution is -2.34. The molecule has 5 heteroatoms. The van der Waals surface area contributed by atoms with Crippen molar-refractivity contribution in [2.45, 2.75) is 25.7 Å². The molecule has 0 atom stereocenters. The number of nitrogens with two attached hydrogens (primary N) is 1. The number of aromatic nitrogens is 1. The highest BCUT2D eigenvalue weighted by Gasteiger charge is 2.16. The first-order valence-electron chi connectivity index (χ1n) is 6.38. The molecule has 98 valence electrons. The number of hydrogen-bond acceptors (Lipinski definition) is 2. The van der Waals surface area contributed by atoms with Gasteiger partial charge in [-0.3, -0.25) is 4.99 Å². The Balaban J connectivity index is 1.66. The van der Waals surface area contributed by atoms with Gasteiger partial charge in [-0.2, -0.15) is 0 Å². The van der Waals surface area contributed by atoms with Gasteiger partial charge in [0, 0.05) is 19.3 Å². The molecule has 4 nitrogen and oxygen atoms in total. The molecule has 0 spiro atoms. The van der Waals surface area contributed by atoms with E-state index in [9.17, 15) is 0 Å². The number of pyridine rings is 1. The molecule has 0 amide bonds. The molecule has 1 heterocycles. The fourth-order valence-electron chi connectivity index (χ4n) is 1.85. The monoisotopic (exact) mass is 266 g/mol. The van der Waals surface area contributed by atoms with Gasteiger partial charge in [-0.25, -0.2) is 4.98 Å². The van der Waals surface area contributed by atoms with Crippen LogP contribution in [0.15, 0.2) is 23.3 Å². The van der Waals surface area contributed by atoms with Crippen molar-refractivity contribution in [3.63, 3.8) is 0 Å². The van der Waals surface area contributed by atoms with Crippen LogP contribution < -0.4 is 11.1 Å². The number of nitrogens with one attached hydrogen (secondary N) is 1. The van der Waals surface area contributed by atoms with Gasteiger partial charge in [0.1, 0.15) is 5.15 Å². The molecule has 0 saturated heterocycles. The van der Waals surface area contributed by atoms with E-state index in [1.165, 1.54) is 19.3 Å². The standard InChI is InChI=1S/C13H19ClN4/c14-12-5-4-11(8-17-12)6-7-16-13(15)18-9-10-2-1-3-10/h4-5,8,10H,1-3,6-7,9H2,(H3,15,16,18). The molecule has 0 aliphatic heterocycles. The zero-order valence-corrected chi connectivity index (χ0v) is 11.2. The fraction of sp³-hybridized carbons (Fsp3) is 0.538. The Bertz CT molecular complexity index is 398. The molecular formula is C13H19ClN4. The summed E-state index contributed by atoms with van der Waals surface area (Å²) >= 11 is 5.72. The molecule has 2 rings (SSSR count). The molecule has 1 aliphatic rings. The van der Waals surface area contributed by atoms with Gasteiger partial charge in [0.2, 0.25) is 0 Å². The van der Waals surface area contributed by atoms with E-state index in [2.05, 4.69) is 15.3 Å². The smallest absolute Gasteiger partial charge is 0.188 e. The molecule has 18 heavy (non-hydrogen) atoms. The molecule has 1 aromatic rings. The zero-order chi connectivity index (χ0) is 12.8. The minimum absolute atomic E-state index is 0.522. The van der Waals surface area contributed by atoms with Crippen molar-refractivity contribution in [2.75, 3.05) is 13.1 Å². The third-order valence-corrected chi connectivity index (χ3v) is 3.48. The fourth-order valence-corrected chi connectivity index (χ4v) is 1.96. The van der Waals surface area contributed by atoms with Gasteiger partial charge in [0.25, 0.3) is 0 Å². The average molecular weight is 267 g/mol. The highest BCUT2D eigenvalue weighted by atomic mass is 35.5. The lowest BCUT2D eigenvalue weighted by molar-refractivity contribution is 0.326. The topological polar surface area (TPSA) is 63.3 Å². The molecule has 0 bridgehead atoms. The summed E-state index contributed by atoms with van der Waals surface area (Å²) in [6, 6.07) is 3.77. The van der Waals surface area contributed by atoms with Crippen LogP contribution in [0.4, 0.5) is 0 Å². The maximum atomic E-state index is 5.79. The minimum atomic E-state index is 0.522. The van der Waals surface area contributed by atoms with E-state index in [4.69, 9.17) is 17.3 Å². The van der Waals surface area contributed by atoms with Gasteiger partial charge in [-0.1, -0.05) is 24.1 Å². The first kappa shape index (κ1) is 13.1. The van der Waals surface area contributed by atoms with Crippen LogP contribution in [-0.4, -0.2) is 24.0 Å². The summed E-state index contributed by atoms with van der Waals surface area (Å²) < 4.78 is 0. The molecule has 1 saturated carbocycles. The van der Waals surface area contributed by atoms with Gasteiger partial charge in [0.15, 0.2) is 5.96 Å². The predicted octanol–water partition coefficient (Wildman–Crippen LogP) is 1.98. The van der Waals surface area contributed by atoms with Gasteiger partial charge < -0.3 is 11.1 Å². The van der Waals surface area contributed by atoms with Crippen molar-refractivity contribution in [1.29, 1.82) is 0 Å². The average Bonchev–Trinajstić information content (AvgIpc) is 2.30. The number of nitrogens with zero attached hydrogens (tertiary/aromatic N) is 2. The van der Waals surface area contributed by atoms with E-state index in [-0.39, 0.29) is 0 Å². The van der Waals surface area contributed by atoms with Crippen molar-refractivity contribution >= 4 is 17.6 Å². The summed E-state index contributed by atoms with van der Waals surface area (Å²) in [5, 5.41) is 3.64. The van der Waals surface area contributed by atoms with Crippen molar-refractivity contribution in [3.05, 3.63) is 29.0 Å². The normalized spacial score (nSPS) is 16.4. The maximum absolute atomic E-state index is 5.79. The van der Waals surface area contributed by atoms with Crippen LogP contribution >= 0.6 is 11.6 Å². The number of aliphatic imine (C=N–C) groups is 1. The zero-order valence-electron chi connectivity index (χ0n) is 10.4. The second-order valence-corrected chi connectivity index (χ2v) is 5.08. The molecule has 0 unspecified atom stereocenters. The Kier molecular flexibility index (Phi) is 4.81. The Labute approximate surface area is 113 Å². The third kappa shape index (κ3) is 4.18. The van der Waals surface area contributed by atoms with Crippen LogP contribution in [0.5, 0.6) is 0 Å². The van der Waals surface area contributed by atoms with Crippen LogP contribution in [0.25, 0.3) is 0 Å². The Hall–Kier alpha value is -1.29. The van der Waals surface area contributed by atoms with Crippen LogP contribution in [0.2, 0.25) is 5.15 Å². The summed E-state index contributed by atoms with van der Waals surface area (Å²) in [4.78, 5) is 8.37. The first-order chi connectivity index (χ1) is 8.74. The third-order valence-electron chi connectivity index (χ3n) is 3.25. The molecular weight excluding hydrogens is 248 g/mol. The van der Waals surface area contributed by atoms with Crippen LogP contribution in [0.1, 0.15) is 24.8 Å². The summed E-state index contributed by atoms with van der Waals surface area (Å²) in [6.45, 7) is 1.63. The van der Waals surface area contributed by atoms with Gasteiger partial charge in [-0.15, -0.1) is 0 Å². The Morgan fingerprint density at radius 2 is 2.33 bits per heavy atom. The van der Waals surface area contributed by atoms with Gasteiger partial charge in [0.05, 0.1) is 0 Å². The van der Waals surface area contributed by atoms with Crippen LogP contribution in [-0.2, 0) is 6.42 Å². The highest BCUT2D eigenvalue weighted by Crippen LogP contribution is 2.26. The van der Waals surface area contributed by atoms with E-state index in [0.717, 1.165) is 31.0 Å². The van der Waals surface area contributed by atoms with Crippen molar-refractivity contribution in [1.82, 2.24) is 10.3 Å². The Morgan fingerprint density at radius 3 is 2.94 bits per heavy atom. The SMILES string of the molecule is NC(=NCC1CCC1)NCCc1ccc(Cl)nc1. The summed E-state index contributed by atoms with van der Waals surface area (Å²) in [5.41, 5.74) is 6.93. The molecule has 0 radical (unpaired) electrons. The van der Waals surface area contributed by atoms with Crippen LogP contribution in [0, 0.1) is 5.92 Å². The highest BCUT2D eigenvalue weighted by molar-refractivity contribution is 6.29. The van der Waals surface area contributed by atoms with E-state index in [1.54, 1.807) is 12.3 Å². The van der Waals surface area contributed by atoms with Crippen molar-refractivity contribution in [2.24, 2.45) is 16.6 Å². The lowest BCUT2D eigenvalue weighted by Gasteiger charge is -2.23. The number of halogens is 1. The second kappa shape index (κ2) is 6.59. The van der Waals surface area contributed by atoms with Crippen LogP contribution in [0.3, 0.4) is 0 Å². The summed E-state index contributed by atoms with van der Waals surface area (Å²) in [6.07, 6.45) is 6.59. The van der Waals surface area contributed by atoms with E-state index in [0.29, 0.717) is 11.1 Å². The molecule has 1 aliphatic carbocycles. The molecule has 0 aromatic carbocycles. The summed E-state index contributed by atoms with van der Waals surface area (Å²) in [7, 11) is 0. The van der Waals surface area contributed by atoms with Gasteiger partial charge >= 0.3 is 0 Å². The van der Waals surface area contributed by atoms with Gasteiger partial charge in [-0.05, 0) is 36.8 Å². The molecule has 3 N–H and O–H groups in total. The number of rotatable bonds is 5. The van der Waals surface area contributed by atoms with Crippen molar-refractivity contribution < 1.29 is 0 Å². The Morgan fingerprint density at radius 1 is 1.50 bits per heavy atom. The molecule has 1 aromatic heterocycles. The summed E-state index contributed by atoms with van der Waals surface area (Å²) in [5.74, 6) is 1.30. The maximum Gasteiger partial charge on any atom is 0.188 e. The second-order valence-electron chi connectivity index (χ2n) is 4.69. The lowest BCUT2D eigenvalue weighted by atomic mass is 9.86. The first-order valence-corrected chi connectivity index (χ1v) is 6.76. The molecule has 1 fully saturated rings. The quantitative estimate of drug-likeness (QED) is 0.487. The van der Waals surface area contributed by atoms with E-state index >= 15 is 0 Å².